The van der Waals surface area contributed by atoms with Crippen molar-refractivity contribution in [2.75, 3.05) is 26.9 Å². The molecule has 0 saturated heterocycles. The number of aliphatic carboxylic acids is 3. The van der Waals surface area contributed by atoms with Gasteiger partial charge in [-0.1, -0.05) is 0 Å². The van der Waals surface area contributed by atoms with E-state index in [-0.39, 0.29) is 26.1 Å². The first-order chi connectivity index (χ1) is 12.7. The number of nitrogens with one attached hydrogen (secondary N) is 2. The quantitative estimate of drug-likeness (QED) is 0.204. The lowest BCUT2D eigenvalue weighted by molar-refractivity contribution is -0.144. The van der Waals surface area contributed by atoms with Gasteiger partial charge in [0.1, 0.15) is 18.7 Å². The molecule has 0 unspecified atom stereocenters. The van der Waals surface area contributed by atoms with Crippen molar-refractivity contribution >= 4 is 29.7 Å². The predicted molar refractivity (Wildman–Crippen MR) is 87.9 cm³/mol. The Morgan fingerprint density at radius 3 is 1.89 bits per heavy atom. The van der Waals surface area contributed by atoms with Crippen LogP contribution < -0.4 is 10.6 Å². The van der Waals surface area contributed by atoms with Gasteiger partial charge in [-0.2, -0.15) is 0 Å². The van der Waals surface area contributed by atoms with Gasteiger partial charge >= 0.3 is 17.9 Å². The van der Waals surface area contributed by atoms with E-state index >= 15 is 0 Å². The molecule has 0 rings (SSSR count). The highest BCUT2D eigenvalue weighted by Gasteiger charge is 2.27. The van der Waals surface area contributed by atoms with Crippen molar-refractivity contribution in [3.05, 3.63) is 0 Å². The van der Waals surface area contributed by atoms with Crippen molar-refractivity contribution in [2.45, 2.75) is 37.8 Å². The van der Waals surface area contributed by atoms with Crippen LogP contribution in [0.5, 0.6) is 0 Å². The molecular weight excluding hydrogens is 368 g/mol. The first kappa shape index (κ1) is 24.3. The molecule has 2 atom stereocenters. The first-order valence-corrected chi connectivity index (χ1v) is 8.00. The summed E-state index contributed by atoms with van der Waals surface area (Å²) in [7, 11) is 1.44. The Morgan fingerprint density at radius 2 is 1.41 bits per heavy atom. The minimum absolute atomic E-state index is 0.131. The van der Waals surface area contributed by atoms with E-state index in [0.717, 1.165) is 0 Å². The number of methoxy groups -OCH3 is 1. The van der Waals surface area contributed by atoms with Crippen LogP contribution in [0.25, 0.3) is 0 Å². The Labute approximate surface area is 154 Å². The molecule has 0 spiro atoms. The average Bonchev–Trinajstić information content (AvgIpc) is 2.58. The van der Waals surface area contributed by atoms with Gasteiger partial charge in [-0.3, -0.25) is 19.2 Å². The topological polar surface area (TPSA) is 189 Å². The highest BCUT2D eigenvalue weighted by molar-refractivity contribution is 5.91. The summed E-state index contributed by atoms with van der Waals surface area (Å²) in [6.45, 7) is -0.0200. The molecular formula is C15H24N2O10. The van der Waals surface area contributed by atoms with Crippen LogP contribution in [0.3, 0.4) is 0 Å². The van der Waals surface area contributed by atoms with E-state index in [0.29, 0.717) is 0 Å². The molecule has 0 aromatic heterocycles. The second-order valence-corrected chi connectivity index (χ2v) is 5.43. The van der Waals surface area contributed by atoms with Crippen LogP contribution in [0.2, 0.25) is 0 Å². The summed E-state index contributed by atoms with van der Waals surface area (Å²) in [6, 6.07) is -2.80. The van der Waals surface area contributed by atoms with Crippen molar-refractivity contribution in [1.82, 2.24) is 10.6 Å². The Kier molecular flexibility index (Phi) is 12.1. The number of ether oxygens (including phenoxy) is 2. The van der Waals surface area contributed by atoms with Crippen molar-refractivity contribution < 1.29 is 48.8 Å². The van der Waals surface area contributed by atoms with Crippen LogP contribution in [-0.4, -0.2) is 84.1 Å². The molecule has 0 aromatic rings. The monoisotopic (exact) mass is 392 g/mol. The third kappa shape index (κ3) is 12.3. The van der Waals surface area contributed by atoms with Crippen LogP contribution in [0.4, 0.5) is 0 Å². The van der Waals surface area contributed by atoms with Crippen LogP contribution in [0.1, 0.15) is 25.7 Å². The van der Waals surface area contributed by atoms with E-state index in [2.05, 4.69) is 10.6 Å². The van der Waals surface area contributed by atoms with Gasteiger partial charge in [0.2, 0.25) is 11.8 Å². The highest BCUT2D eigenvalue weighted by Crippen LogP contribution is 2.03. The number of amides is 2. The Hall–Kier alpha value is -2.73. The molecule has 2 amide bonds. The van der Waals surface area contributed by atoms with Gasteiger partial charge in [-0.15, -0.1) is 0 Å². The zero-order chi connectivity index (χ0) is 20.8. The molecule has 0 aliphatic heterocycles. The maximum absolute atomic E-state index is 12.2. The molecule has 0 saturated carbocycles. The van der Waals surface area contributed by atoms with Crippen molar-refractivity contribution in [1.29, 1.82) is 0 Å². The largest absolute Gasteiger partial charge is 0.481 e. The second-order valence-electron chi connectivity index (χ2n) is 5.43. The zero-order valence-corrected chi connectivity index (χ0v) is 14.8. The molecule has 0 aromatic carbocycles. The van der Waals surface area contributed by atoms with E-state index in [4.69, 9.17) is 24.8 Å². The number of rotatable bonds is 15. The lowest BCUT2D eigenvalue weighted by Gasteiger charge is -2.21. The number of carboxylic acids is 3. The van der Waals surface area contributed by atoms with Crippen LogP contribution in [0.15, 0.2) is 0 Å². The maximum atomic E-state index is 12.2. The molecule has 0 radical (unpaired) electrons. The summed E-state index contributed by atoms with van der Waals surface area (Å²) in [6.07, 6.45) is -1.58. The predicted octanol–water partition coefficient (Wildman–Crippen LogP) is -1.57. The van der Waals surface area contributed by atoms with Gasteiger partial charge in [-0.25, -0.2) is 4.79 Å². The molecule has 0 heterocycles. The summed E-state index contributed by atoms with van der Waals surface area (Å²) >= 11 is 0. The number of carbonyl (C=O) groups is 5. The van der Waals surface area contributed by atoms with Gasteiger partial charge in [0.15, 0.2) is 0 Å². The molecule has 0 aliphatic carbocycles. The second kappa shape index (κ2) is 13.5. The lowest BCUT2D eigenvalue weighted by Crippen LogP contribution is -2.52. The molecule has 27 heavy (non-hydrogen) atoms. The van der Waals surface area contributed by atoms with Crippen LogP contribution >= 0.6 is 0 Å². The van der Waals surface area contributed by atoms with Crippen LogP contribution in [-0.2, 0) is 33.4 Å². The minimum atomic E-state index is -1.49. The smallest absolute Gasteiger partial charge is 0.326 e. The number of hydrogen-bond acceptors (Lipinski definition) is 7. The number of hydrogen-bond donors (Lipinski definition) is 5. The van der Waals surface area contributed by atoms with Crippen molar-refractivity contribution in [3.63, 3.8) is 0 Å². The van der Waals surface area contributed by atoms with E-state index in [1.54, 1.807) is 0 Å². The third-order valence-corrected chi connectivity index (χ3v) is 3.23. The Balaban J connectivity index is 4.84. The van der Waals surface area contributed by atoms with Gasteiger partial charge in [-0.05, 0) is 12.8 Å². The van der Waals surface area contributed by atoms with Gasteiger partial charge in [0, 0.05) is 20.0 Å². The van der Waals surface area contributed by atoms with Gasteiger partial charge in [0.05, 0.1) is 13.2 Å². The van der Waals surface area contributed by atoms with Gasteiger partial charge < -0.3 is 35.4 Å². The number of carbonyl (C=O) groups excluding carboxylic acids is 2. The molecule has 5 N–H and O–H groups in total. The fourth-order valence-corrected chi connectivity index (χ4v) is 1.88. The van der Waals surface area contributed by atoms with E-state index in [9.17, 15) is 24.0 Å². The van der Waals surface area contributed by atoms with Crippen molar-refractivity contribution in [3.8, 4) is 0 Å². The average molecular weight is 392 g/mol. The molecule has 12 nitrogen and oxygen atoms in total. The Bertz CT molecular complexity index is 537. The summed E-state index contributed by atoms with van der Waals surface area (Å²) in [5, 5.41) is 30.8. The molecule has 154 valence electrons. The molecule has 12 heteroatoms. The minimum Gasteiger partial charge on any atom is -0.481 e. The van der Waals surface area contributed by atoms with Gasteiger partial charge in [0.25, 0.3) is 0 Å². The summed E-state index contributed by atoms with van der Waals surface area (Å²) in [5.74, 6) is -5.53. The standard InChI is InChI=1S/C15H24N2O10/c1-26-6-7-27-8-11(18)16-9(2-4-12(19)20)14(23)17-10(15(24)25)3-5-13(21)22/h9-10H,2-8H2,1H3,(H,16,18)(H,17,23)(H,19,20)(H,21,22)(H,24,25)/t9-,10-/m0/s1. The summed E-state index contributed by atoms with van der Waals surface area (Å²) < 4.78 is 9.71. The number of carboxylic acid groups (broad SMARTS) is 3. The van der Waals surface area contributed by atoms with E-state index in [1.165, 1.54) is 7.11 Å². The van der Waals surface area contributed by atoms with E-state index < -0.39 is 61.3 Å². The lowest BCUT2D eigenvalue weighted by atomic mass is 10.1. The zero-order valence-electron chi connectivity index (χ0n) is 14.8. The summed E-state index contributed by atoms with van der Waals surface area (Å²) in [4.78, 5) is 56.5. The highest BCUT2D eigenvalue weighted by atomic mass is 16.5. The van der Waals surface area contributed by atoms with E-state index in [1.807, 2.05) is 0 Å². The maximum Gasteiger partial charge on any atom is 0.326 e. The fourth-order valence-electron chi connectivity index (χ4n) is 1.88. The third-order valence-electron chi connectivity index (χ3n) is 3.23. The van der Waals surface area contributed by atoms with Crippen LogP contribution in [0, 0.1) is 0 Å². The fraction of sp³-hybridized carbons (Fsp3) is 0.667. The Morgan fingerprint density at radius 1 is 0.852 bits per heavy atom. The van der Waals surface area contributed by atoms with Crippen molar-refractivity contribution in [2.24, 2.45) is 0 Å². The molecule has 0 fully saturated rings. The first-order valence-electron chi connectivity index (χ1n) is 8.00. The molecule has 0 bridgehead atoms. The summed E-state index contributed by atoms with van der Waals surface area (Å²) in [5.41, 5.74) is 0. The molecule has 0 aliphatic rings. The SMILES string of the molecule is COCCOCC(=O)N[C@@H](CCC(=O)O)C(=O)N[C@@H](CCC(=O)O)C(=O)O. The normalized spacial score (nSPS) is 12.6.